The SMILES string of the molecule is CC(NC(=O)c1ccc(Cl)c(NS(=O)(=O)c2ccc(F)cc2)c1)c1cccc(OC(F)F)c1. The summed E-state index contributed by atoms with van der Waals surface area (Å²) in [4.78, 5) is 12.5. The molecule has 0 spiro atoms. The summed E-state index contributed by atoms with van der Waals surface area (Å²) >= 11 is 6.09. The van der Waals surface area contributed by atoms with Gasteiger partial charge in [-0.2, -0.15) is 8.78 Å². The lowest BCUT2D eigenvalue weighted by Gasteiger charge is -2.16. The molecule has 33 heavy (non-hydrogen) atoms. The van der Waals surface area contributed by atoms with Gasteiger partial charge in [-0.25, -0.2) is 12.8 Å². The summed E-state index contributed by atoms with van der Waals surface area (Å²) in [6, 6.07) is 13.5. The van der Waals surface area contributed by atoms with E-state index in [1.165, 1.54) is 36.4 Å². The van der Waals surface area contributed by atoms with E-state index in [0.29, 0.717) is 5.56 Å². The summed E-state index contributed by atoms with van der Waals surface area (Å²) in [5, 5.41) is 2.74. The van der Waals surface area contributed by atoms with E-state index in [4.69, 9.17) is 11.6 Å². The molecule has 0 aliphatic carbocycles. The normalized spacial score (nSPS) is 12.3. The summed E-state index contributed by atoms with van der Waals surface area (Å²) in [6.07, 6.45) is 0. The van der Waals surface area contributed by atoms with Crippen LogP contribution in [0.25, 0.3) is 0 Å². The Morgan fingerprint density at radius 3 is 2.39 bits per heavy atom. The van der Waals surface area contributed by atoms with Crippen LogP contribution < -0.4 is 14.8 Å². The molecule has 0 bridgehead atoms. The summed E-state index contributed by atoms with van der Waals surface area (Å²) in [6.45, 7) is -1.33. The van der Waals surface area contributed by atoms with E-state index in [1.54, 1.807) is 13.0 Å². The number of anilines is 1. The molecule has 6 nitrogen and oxygen atoms in total. The minimum Gasteiger partial charge on any atom is -0.435 e. The number of hydrogen-bond acceptors (Lipinski definition) is 4. The van der Waals surface area contributed by atoms with Crippen molar-refractivity contribution < 1.29 is 31.1 Å². The standard InChI is InChI=1S/C22H18ClF3N2O4S/c1-13(14-3-2-4-17(11-14)32-22(25)26)27-21(29)15-5-10-19(23)20(12-15)28-33(30,31)18-8-6-16(24)7-9-18/h2-13,22,28H,1H3,(H,27,29). The Labute approximate surface area is 193 Å². The van der Waals surface area contributed by atoms with Crippen LogP contribution in [-0.2, 0) is 10.0 Å². The maximum Gasteiger partial charge on any atom is 0.387 e. The Morgan fingerprint density at radius 1 is 1.03 bits per heavy atom. The van der Waals surface area contributed by atoms with Crippen LogP contribution in [0.5, 0.6) is 5.75 Å². The van der Waals surface area contributed by atoms with Gasteiger partial charge in [-0.3, -0.25) is 9.52 Å². The highest BCUT2D eigenvalue weighted by Gasteiger charge is 2.19. The second kappa shape index (κ2) is 10.1. The first-order chi connectivity index (χ1) is 15.5. The molecule has 1 unspecified atom stereocenters. The van der Waals surface area contributed by atoms with Crippen molar-refractivity contribution in [1.82, 2.24) is 5.32 Å². The maximum atomic E-state index is 13.1. The lowest BCUT2D eigenvalue weighted by atomic mass is 10.1. The topological polar surface area (TPSA) is 84.5 Å². The summed E-state index contributed by atoms with van der Waals surface area (Å²) < 4.78 is 69.7. The molecule has 1 atom stereocenters. The van der Waals surface area contributed by atoms with Gasteiger partial charge in [0.1, 0.15) is 11.6 Å². The fourth-order valence-electron chi connectivity index (χ4n) is 2.89. The maximum absolute atomic E-state index is 13.1. The smallest absolute Gasteiger partial charge is 0.387 e. The van der Waals surface area contributed by atoms with Crippen LogP contribution in [0.15, 0.2) is 71.6 Å². The molecule has 11 heteroatoms. The first-order valence-corrected chi connectivity index (χ1v) is 11.3. The quantitative estimate of drug-likeness (QED) is 0.437. The first kappa shape index (κ1) is 24.4. The van der Waals surface area contributed by atoms with Crippen LogP contribution >= 0.6 is 11.6 Å². The number of carbonyl (C=O) groups is 1. The van der Waals surface area contributed by atoms with E-state index in [-0.39, 0.29) is 26.9 Å². The lowest BCUT2D eigenvalue weighted by Crippen LogP contribution is -2.26. The zero-order chi connectivity index (χ0) is 24.2. The van der Waals surface area contributed by atoms with Gasteiger partial charge in [-0.1, -0.05) is 23.7 Å². The van der Waals surface area contributed by atoms with Crippen molar-refractivity contribution in [3.63, 3.8) is 0 Å². The molecule has 0 radical (unpaired) electrons. The number of sulfonamides is 1. The number of alkyl halides is 2. The van der Waals surface area contributed by atoms with E-state index in [1.807, 2.05) is 0 Å². The van der Waals surface area contributed by atoms with Crippen LogP contribution in [0, 0.1) is 5.82 Å². The molecular weight excluding hydrogens is 481 g/mol. The molecular formula is C22H18ClF3N2O4S. The molecule has 3 aromatic carbocycles. The van der Waals surface area contributed by atoms with Gasteiger partial charge in [0.25, 0.3) is 15.9 Å². The van der Waals surface area contributed by atoms with Crippen LogP contribution in [-0.4, -0.2) is 20.9 Å². The summed E-state index contributed by atoms with van der Waals surface area (Å²) in [7, 11) is -4.08. The third-order valence-corrected chi connectivity index (χ3v) is 6.24. The van der Waals surface area contributed by atoms with Gasteiger partial charge in [0.2, 0.25) is 0 Å². The Bertz CT molecular complexity index is 1250. The Morgan fingerprint density at radius 2 is 1.73 bits per heavy atom. The van der Waals surface area contributed by atoms with E-state index in [2.05, 4.69) is 14.8 Å². The fourth-order valence-corrected chi connectivity index (χ4v) is 4.18. The molecule has 1 amide bonds. The highest BCUT2D eigenvalue weighted by Crippen LogP contribution is 2.27. The summed E-state index contributed by atoms with van der Waals surface area (Å²) in [5.74, 6) is -1.19. The Kier molecular flexibility index (Phi) is 7.50. The molecule has 0 saturated heterocycles. The first-order valence-electron chi connectivity index (χ1n) is 9.49. The predicted octanol–water partition coefficient (Wildman–Crippen LogP) is 5.37. The Balaban J connectivity index is 1.77. The zero-order valence-electron chi connectivity index (χ0n) is 17.1. The average molecular weight is 499 g/mol. The highest BCUT2D eigenvalue weighted by molar-refractivity contribution is 7.92. The number of nitrogens with one attached hydrogen (secondary N) is 2. The molecule has 0 fully saturated rings. The number of carbonyl (C=O) groups excluding carboxylic acids is 1. The van der Waals surface area contributed by atoms with Crippen molar-refractivity contribution in [2.24, 2.45) is 0 Å². The molecule has 0 heterocycles. The largest absolute Gasteiger partial charge is 0.435 e. The van der Waals surface area contributed by atoms with Crippen molar-refractivity contribution in [2.45, 2.75) is 24.5 Å². The van der Waals surface area contributed by atoms with Crippen molar-refractivity contribution in [3.05, 3.63) is 88.7 Å². The predicted molar refractivity (Wildman–Crippen MR) is 118 cm³/mol. The van der Waals surface area contributed by atoms with Crippen LogP contribution in [0.4, 0.5) is 18.9 Å². The third-order valence-electron chi connectivity index (χ3n) is 4.53. The summed E-state index contributed by atoms with van der Waals surface area (Å²) in [5.41, 5.74) is 0.573. The molecule has 3 aromatic rings. The van der Waals surface area contributed by atoms with E-state index >= 15 is 0 Å². The van der Waals surface area contributed by atoms with Gasteiger partial charge in [-0.15, -0.1) is 0 Å². The second-order valence-electron chi connectivity index (χ2n) is 6.90. The zero-order valence-corrected chi connectivity index (χ0v) is 18.6. The van der Waals surface area contributed by atoms with Gasteiger partial charge < -0.3 is 10.1 Å². The number of amides is 1. The number of rotatable bonds is 8. The van der Waals surface area contributed by atoms with Gasteiger partial charge in [-0.05, 0) is 67.1 Å². The number of benzene rings is 3. The highest BCUT2D eigenvalue weighted by atomic mass is 35.5. The van der Waals surface area contributed by atoms with Crippen LogP contribution in [0.1, 0.15) is 28.9 Å². The molecule has 0 saturated carbocycles. The van der Waals surface area contributed by atoms with Crippen LogP contribution in [0.2, 0.25) is 5.02 Å². The minimum absolute atomic E-state index is 0.0436. The van der Waals surface area contributed by atoms with Crippen LogP contribution in [0.3, 0.4) is 0 Å². The third kappa shape index (κ3) is 6.39. The van der Waals surface area contributed by atoms with E-state index in [9.17, 15) is 26.4 Å². The molecule has 2 N–H and O–H groups in total. The minimum atomic E-state index is -4.08. The monoisotopic (exact) mass is 498 g/mol. The van der Waals surface area contributed by atoms with Crippen molar-refractivity contribution in [3.8, 4) is 5.75 Å². The molecule has 0 aliphatic rings. The van der Waals surface area contributed by atoms with Gasteiger partial charge >= 0.3 is 6.61 Å². The fraction of sp³-hybridized carbons (Fsp3) is 0.136. The van der Waals surface area contributed by atoms with Crippen molar-refractivity contribution in [1.29, 1.82) is 0 Å². The van der Waals surface area contributed by atoms with Gasteiger partial charge in [0.05, 0.1) is 21.6 Å². The molecule has 0 aromatic heterocycles. The van der Waals surface area contributed by atoms with E-state index < -0.39 is 34.4 Å². The molecule has 3 rings (SSSR count). The Hall–Kier alpha value is -3.24. The lowest BCUT2D eigenvalue weighted by molar-refractivity contribution is -0.0499. The van der Waals surface area contributed by atoms with E-state index in [0.717, 1.165) is 24.3 Å². The molecule has 174 valence electrons. The van der Waals surface area contributed by atoms with Gasteiger partial charge in [0.15, 0.2) is 0 Å². The molecule has 0 aliphatic heterocycles. The number of halogens is 4. The van der Waals surface area contributed by atoms with Crippen molar-refractivity contribution >= 4 is 33.2 Å². The second-order valence-corrected chi connectivity index (χ2v) is 8.99. The number of ether oxygens (including phenoxy) is 1. The van der Waals surface area contributed by atoms with Gasteiger partial charge in [0, 0.05) is 5.56 Å². The average Bonchev–Trinajstić information content (AvgIpc) is 2.75. The van der Waals surface area contributed by atoms with Crippen molar-refractivity contribution in [2.75, 3.05) is 4.72 Å². The number of hydrogen-bond donors (Lipinski definition) is 2.